The zero-order chi connectivity index (χ0) is 15.8. The zero-order valence-electron chi connectivity index (χ0n) is 10.4. The van der Waals surface area contributed by atoms with Gasteiger partial charge in [0.2, 0.25) is 25.8 Å². The van der Waals surface area contributed by atoms with Crippen LogP contribution >= 0.6 is 11.3 Å². The van der Waals surface area contributed by atoms with E-state index in [4.69, 9.17) is 10.9 Å². The minimum Gasteiger partial charge on any atom is -0.366 e. The third-order valence-electron chi connectivity index (χ3n) is 2.53. The first-order valence-electron chi connectivity index (χ1n) is 5.40. The van der Waals surface area contributed by atoms with E-state index in [0.29, 0.717) is 11.3 Å². The van der Waals surface area contributed by atoms with Gasteiger partial charge >= 0.3 is 0 Å². The van der Waals surface area contributed by atoms with Gasteiger partial charge in [0.25, 0.3) is 0 Å². The average Bonchev–Trinajstić information content (AvgIpc) is 2.89. The lowest BCUT2D eigenvalue weighted by molar-refractivity contribution is 0.1000. The summed E-state index contributed by atoms with van der Waals surface area (Å²) in [6.45, 7) is 0. The summed E-state index contributed by atoms with van der Waals surface area (Å²) in [7, 11) is -7.91. The normalized spacial score (nSPS) is 12.2. The van der Waals surface area contributed by atoms with Crippen LogP contribution < -0.4 is 10.9 Å². The fourth-order valence-electron chi connectivity index (χ4n) is 1.53. The maximum absolute atomic E-state index is 12.4. The second kappa shape index (κ2) is 5.22. The van der Waals surface area contributed by atoms with Crippen LogP contribution in [0.25, 0.3) is 0 Å². The van der Waals surface area contributed by atoms with Crippen molar-refractivity contribution in [3.8, 4) is 0 Å². The van der Waals surface area contributed by atoms with Gasteiger partial charge < -0.3 is 5.73 Å². The standard InChI is InChI=1S/C11H10N2O5S3/c12-11(14)7-2-1-3-8(6-7)20(15,16)9-4-5-10(19-9)21(13,17)18/h1-6H,(H2,12,14)(H2,13,17,18). The zero-order valence-corrected chi connectivity index (χ0v) is 12.8. The predicted octanol–water partition coefficient (Wildman–Crippen LogP) is 0.327. The number of carbonyl (C=O) groups is 1. The van der Waals surface area contributed by atoms with E-state index < -0.39 is 25.8 Å². The second-order valence-electron chi connectivity index (χ2n) is 4.01. The van der Waals surface area contributed by atoms with E-state index in [-0.39, 0.29) is 18.9 Å². The van der Waals surface area contributed by atoms with Crippen molar-refractivity contribution in [3.63, 3.8) is 0 Å². The molecule has 112 valence electrons. The molecule has 0 aliphatic carbocycles. The Morgan fingerprint density at radius 1 is 1.00 bits per heavy atom. The van der Waals surface area contributed by atoms with Gasteiger partial charge in [-0.15, -0.1) is 11.3 Å². The van der Waals surface area contributed by atoms with Gasteiger partial charge in [-0.25, -0.2) is 22.0 Å². The van der Waals surface area contributed by atoms with Gasteiger partial charge in [-0.05, 0) is 30.3 Å². The molecule has 0 bridgehead atoms. The molecule has 2 rings (SSSR count). The Kier molecular flexibility index (Phi) is 3.89. The molecule has 0 radical (unpaired) electrons. The molecule has 0 unspecified atom stereocenters. The van der Waals surface area contributed by atoms with E-state index in [1.807, 2.05) is 0 Å². The number of hydrogen-bond acceptors (Lipinski definition) is 6. The van der Waals surface area contributed by atoms with E-state index in [1.165, 1.54) is 18.2 Å². The first-order valence-corrected chi connectivity index (χ1v) is 9.24. The fourth-order valence-corrected chi connectivity index (χ4v) is 5.17. The molecule has 0 saturated heterocycles. The number of thiophene rings is 1. The van der Waals surface area contributed by atoms with E-state index in [2.05, 4.69) is 0 Å². The smallest absolute Gasteiger partial charge is 0.248 e. The molecule has 4 N–H and O–H groups in total. The first-order chi connectivity index (χ1) is 9.62. The molecule has 1 aromatic carbocycles. The highest BCUT2D eigenvalue weighted by atomic mass is 32.3. The van der Waals surface area contributed by atoms with E-state index in [9.17, 15) is 21.6 Å². The van der Waals surface area contributed by atoms with Crippen molar-refractivity contribution < 1.29 is 21.6 Å². The largest absolute Gasteiger partial charge is 0.366 e. The molecule has 0 aliphatic rings. The van der Waals surface area contributed by atoms with Crippen molar-refractivity contribution in [1.82, 2.24) is 0 Å². The van der Waals surface area contributed by atoms with Crippen molar-refractivity contribution >= 4 is 37.1 Å². The summed E-state index contributed by atoms with van der Waals surface area (Å²) in [5, 5.41) is 4.94. The number of primary amides is 1. The third-order valence-corrected chi connectivity index (χ3v) is 7.30. The molecule has 1 amide bonds. The Morgan fingerprint density at radius 3 is 2.14 bits per heavy atom. The molecule has 7 nitrogen and oxygen atoms in total. The minimum atomic E-state index is -3.97. The molecular formula is C11H10N2O5S3. The number of rotatable bonds is 4. The Bertz CT molecular complexity index is 913. The van der Waals surface area contributed by atoms with Crippen LogP contribution in [0, 0.1) is 0 Å². The van der Waals surface area contributed by atoms with Gasteiger partial charge in [0.05, 0.1) is 4.90 Å². The fraction of sp³-hybridized carbons (Fsp3) is 0. The summed E-state index contributed by atoms with van der Waals surface area (Å²) >= 11 is 0.539. The van der Waals surface area contributed by atoms with Gasteiger partial charge in [-0.3, -0.25) is 4.79 Å². The predicted molar refractivity (Wildman–Crippen MR) is 76.1 cm³/mol. The molecule has 2 aromatic rings. The Labute approximate surface area is 125 Å². The maximum atomic E-state index is 12.4. The monoisotopic (exact) mass is 346 g/mol. The van der Waals surface area contributed by atoms with Crippen LogP contribution in [0.3, 0.4) is 0 Å². The minimum absolute atomic E-state index is 0.0410. The second-order valence-corrected chi connectivity index (χ2v) is 9.06. The highest BCUT2D eigenvalue weighted by Crippen LogP contribution is 2.29. The number of sulfone groups is 1. The number of hydrogen-bond donors (Lipinski definition) is 2. The number of sulfonamides is 1. The number of amides is 1. The van der Waals surface area contributed by atoms with Crippen molar-refractivity contribution in [1.29, 1.82) is 0 Å². The summed E-state index contributed by atoms with van der Waals surface area (Å²) in [4.78, 5) is 10.9. The number of primary sulfonamides is 1. The Balaban J connectivity index is 2.55. The maximum Gasteiger partial charge on any atom is 0.248 e. The molecule has 1 aromatic heterocycles. The van der Waals surface area contributed by atoms with Crippen LogP contribution in [-0.4, -0.2) is 22.7 Å². The molecule has 0 fully saturated rings. The number of carbonyl (C=O) groups excluding carboxylic acids is 1. The van der Waals surface area contributed by atoms with E-state index >= 15 is 0 Å². The van der Waals surface area contributed by atoms with Gasteiger partial charge in [-0.1, -0.05) is 6.07 Å². The van der Waals surface area contributed by atoms with Gasteiger partial charge in [-0.2, -0.15) is 0 Å². The third kappa shape index (κ3) is 3.13. The van der Waals surface area contributed by atoms with Crippen LogP contribution in [0.15, 0.2) is 49.7 Å². The van der Waals surface area contributed by atoms with E-state index in [0.717, 1.165) is 18.2 Å². The number of benzene rings is 1. The molecule has 0 aliphatic heterocycles. The van der Waals surface area contributed by atoms with Crippen LogP contribution in [0.1, 0.15) is 10.4 Å². The van der Waals surface area contributed by atoms with Crippen LogP contribution in [-0.2, 0) is 19.9 Å². The summed E-state index contributed by atoms with van der Waals surface area (Å²) in [6, 6.07) is 7.44. The van der Waals surface area contributed by atoms with Gasteiger partial charge in [0.1, 0.15) is 8.42 Å². The summed E-state index contributed by atoms with van der Waals surface area (Å²) in [5.41, 5.74) is 5.14. The highest BCUT2D eigenvalue weighted by molar-refractivity contribution is 7.95. The quantitative estimate of drug-likeness (QED) is 0.821. The Hall–Kier alpha value is -1.75. The van der Waals surface area contributed by atoms with Crippen molar-refractivity contribution in [2.75, 3.05) is 0 Å². The lowest BCUT2D eigenvalue weighted by Gasteiger charge is -2.03. The lowest BCUT2D eigenvalue weighted by atomic mass is 10.2. The lowest BCUT2D eigenvalue weighted by Crippen LogP contribution is -2.12. The molecule has 10 heteroatoms. The molecule has 1 heterocycles. The van der Waals surface area contributed by atoms with Crippen LogP contribution in [0.5, 0.6) is 0 Å². The van der Waals surface area contributed by atoms with Crippen LogP contribution in [0.2, 0.25) is 0 Å². The molecule has 0 saturated carbocycles. The number of nitrogens with two attached hydrogens (primary N) is 2. The van der Waals surface area contributed by atoms with Gasteiger partial charge in [0.15, 0.2) is 0 Å². The highest BCUT2D eigenvalue weighted by Gasteiger charge is 2.23. The summed E-state index contributed by atoms with van der Waals surface area (Å²) in [6.07, 6.45) is 0. The van der Waals surface area contributed by atoms with Crippen molar-refractivity contribution in [3.05, 3.63) is 42.0 Å². The van der Waals surface area contributed by atoms with Crippen LogP contribution in [0.4, 0.5) is 0 Å². The van der Waals surface area contributed by atoms with Crippen molar-refractivity contribution in [2.24, 2.45) is 10.9 Å². The first kappa shape index (κ1) is 15.6. The average molecular weight is 346 g/mol. The molecule has 0 atom stereocenters. The molecular weight excluding hydrogens is 336 g/mol. The van der Waals surface area contributed by atoms with Crippen molar-refractivity contribution in [2.45, 2.75) is 13.3 Å². The molecule has 0 spiro atoms. The summed E-state index contributed by atoms with van der Waals surface area (Å²) in [5.74, 6) is -0.761. The molecule has 21 heavy (non-hydrogen) atoms. The van der Waals surface area contributed by atoms with Gasteiger partial charge in [0, 0.05) is 5.56 Å². The Morgan fingerprint density at radius 2 is 1.62 bits per heavy atom. The van der Waals surface area contributed by atoms with E-state index in [1.54, 1.807) is 0 Å². The summed E-state index contributed by atoms with van der Waals surface area (Å²) < 4.78 is 46.7. The SMILES string of the molecule is NC(=O)c1cccc(S(=O)(=O)c2ccc(S(N)(=O)=O)s2)c1. The topological polar surface area (TPSA) is 137 Å².